The summed E-state index contributed by atoms with van der Waals surface area (Å²) in [6, 6.07) is 5.95. The van der Waals surface area contributed by atoms with E-state index >= 15 is 0 Å². The van der Waals surface area contributed by atoms with Gasteiger partial charge in [0.1, 0.15) is 23.7 Å². The number of rotatable bonds is 8. The number of ether oxygens (including phenoxy) is 2. The SMILES string of the molecule is Cc1cc(-c2nnn(C)c2COC(=O)N(C)C(C)C2CC2)ccc1O[C@H]1CCC[C@H](C(=O)O)C1. The topological polar surface area (TPSA) is 107 Å². The van der Waals surface area contributed by atoms with Gasteiger partial charge in [-0.25, -0.2) is 9.48 Å². The van der Waals surface area contributed by atoms with E-state index in [9.17, 15) is 14.7 Å². The standard InChI is InChI=1S/C25H34N4O5/c1-15-12-18(10-11-22(15)34-20-7-5-6-19(13-20)24(30)31)23-21(29(4)27-26-23)14-33-25(32)28(3)16(2)17-8-9-17/h10-12,16-17,19-20H,5-9,13-14H2,1-4H3,(H,30,31)/t16?,19-,20-/m0/s1. The van der Waals surface area contributed by atoms with Gasteiger partial charge in [0.25, 0.3) is 0 Å². The summed E-state index contributed by atoms with van der Waals surface area (Å²) in [7, 11) is 3.56. The van der Waals surface area contributed by atoms with Gasteiger partial charge in [-0.2, -0.15) is 0 Å². The lowest BCUT2D eigenvalue weighted by Gasteiger charge is -2.28. The normalized spacial score (nSPS) is 21.1. The molecule has 1 aromatic carbocycles. The second-order valence-corrected chi connectivity index (χ2v) is 9.67. The van der Waals surface area contributed by atoms with Crippen LogP contribution in [0.5, 0.6) is 5.75 Å². The Kier molecular flexibility index (Phi) is 7.09. The van der Waals surface area contributed by atoms with Gasteiger partial charge < -0.3 is 19.5 Å². The highest BCUT2D eigenvalue weighted by Gasteiger charge is 2.33. The minimum Gasteiger partial charge on any atom is -0.490 e. The third-order valence-corrected chi connectivity index (χ3v) is 7.20. The minimum atomic E-state index is -0.746. The average molecular weight is 471 g/mol. The maximum Gasteiger partial charge on any atom is 0.410 e. The van der Waals surface area contributed by atoms with E-state index in [4.69, 9.17) is 9.47 Å². The Morgan fingerprint density at radius 3 is 2.71 bits per heavy atom. The molecule has 0 bridgehead atoms. The molecule has 0 radical (unpaired) electrons. The zero-order valence-electron chi connectivity index (χ0n) is 20.4. The largest absolute Gasteiger partial charge is 0.490 e. The predicted octanol–water partition coefficient (Wildman–Crippen LogP) is 4.18. The van der Waals surface area contributed by atoms with Gasteiger partial charge in [-0.3, -0.25) is 4.79 Å². The number of aromatic nitrogens is 3. The van der Waals surface area contributed by atoms with Gasteiger partial charge >= 0.3 is 12.1 Å². The second-order valence-electron chi connectivity index (χ2n) is 9.67. The highest BCUT2D eigenvalue weighted by molar-refractivity contribution is 5.70. The molecule has 184 valence electrons. The van der Waals surface area contributed by atoms with E-state index < -0.39 is 5.97 Å². The Morgan fingerprint density at radius 1 is 1.26 bits per heavy atom. The van der Waals surface area contributed by atoms with Crippen molar-refractivity contribution in [2.45, 2.75) is 71.1 Å². The fourth-order valence-corrected chi connectivity index (χ4v) is 4.64. The molecule has 2 fully saturated rings. The average Bonchev–Trinajstić information content (AvgIpc) is 3.61. The van der Waals surface area contributed by atoms with E-state index in [1.807, 2.05) is 25.1 Å². The fraction of sp³-hybridized carbons (Fsp3) is 0.600. The van der Waals surface area contributed by atoms with Crippen molar-refractivity contribution in [3.05, 3.63) is 29.5 Å². The van der Waals surface area contributed by atoms with E-state index in [2.05, 4.69) is 17.2 Å². The quantitative estimate of drug-likeness (QED) is 0.617. The molecule has 2 saturated carbocycles. The van der Waals surface area contributed by atoms with Crippen LogP contribution in [0.3, 0.4) is 0 Å². The van der Waals surface area contributed by atoms with Crippen LogP contribution < -0.4 is 4.74 Å². The molecule has 3 atom stereocenters. The van der Waals surface area contributed by atoms with Crippen molar-refractivity contribution in [2.24, 2.45) is 18.9 Å². The number of carbonyl (C=O) groups is 2. The Bertz CT molecular complexity index is 1050. The first kappa shape index (κ1) is 24.0. The smallest absolute Gasteiger partial charge is 0.410 e. The first-order chi connectivity index (χ1) is 16.2. The summed E-state index contributed by atoms with van der Waals surface area (Å²) in [5, 5.41) is 17.8. The first-order valence-corrected chi connectivity index (χ1v) is 12.0. The van der Waals surface area contributed by atoms with Crippen molar-refractivity contribution in [2.75, 3.05) is 7.05 Å². The van der Waals surface area contributed by atoms with Crippen molar-refractivity contribution in [3.63, 3.8) is 0 Å². The summed E-state index contributed by atoms with van der Waals surface area (Å²) in [5.74, 6) is 0.227. The molecule has 2 aliphatic rings. The zero-order valence-corrected chi connectivity index (χ0v) is 20.4. The van der Waals surface area contributed by atoms with Gasteiger partial charge in [-0.1, -0.05) is 5.21 Å². The number of benzene rings is 1. The van der Waals surface area contributed by atoms with Crippen molar-refractivity contribution in [1.82, 2.24) is 19.9 Å². The molecular weight excluding hydrogens is 436 g/mol. The van der Waals surface area contributed by atoms with Gasteiger partial charge in [-0.15, -0.1) is 5.10 Å². The molecular formula is C25H34N4O5. The van der Waals surface area contributed by atoms with Crippen LogP contribution in [0.15, 0.2) is 18.2 Å². The van der Waals surface area contributed by atoms with E-state index in [1.54, 1.807) is 23.7 Å². The maximum atomic E-state index is 12.5. The molecule has 1 N–H and O–H groups in total. The third kappa shape index (κ3) is 5.34. The lowest BCUT2D eigenvalue weighted by Crippen LogP contribution is -2.36. The van der Waals surface area contributed by atoms with Crippen LogP contribution in [-0.2, 0) is 23.2 Å². The van der Waals surface area contributed by atoms with Crippen molar-refractivity contribution in [1.29, 1.82) is 0 Å². The van der Waals surface area contributed by atoms with Gasteiger partial charge in [0.2, 0.25) is 0 Å². The molecule has 0 spiro atoms. The third-order valence-electron chi connectivity index (χ3n) is 7.20. The molecule has 1 heterocycles. The van der Waals surface area contributed by atoms with Crippen LogP contribution in [0.4, 0.5) is 4.79 Å². The molecule has 4 rings (SSSR count). The molecule has 0 aliphatic heterocycles. The van der Waals surface area contributed by atoms with Crippen molar-refractivity contribution < 1.29 is 24.2 Å². The van der Waals surface area contributed by atoms with E-state index in [0.29, 0.717) is 30.1 Å². The number of nitrogens with zero attached hydrogens (tertiary/aromatic N) is 4. The first-order valence-electron chi connectivity index (χ1n) is 12.0. The lowest BCUT2D eigenvalue weighted by atomic mass is 9.87. The highest BCUT2D eigenvalue weighted by Crippen LogP contribution is 2.35. The highest BCUT2D eigenvalue weighted by atomic mass is 16.6. The molecule has 0 saturated heterocycles. The molecule has 2 aliphatic carbocycles. The number of carbonyl (C=O) groups excluding carboxylic acids is 1. The number of aryl methyl sites for hydroxylation is 2. The summed E-state index contributed by atoms with van der Waals surface area (Å²) >= 11 is 0. The number of carboxylic acid groups (broad SMARTS) is 1. The molecule has 1 aromatic heterocycles. The summed E-state index contributed by atoms with van der Waals surface area (Å²) in [6.07, 6.45) is 4.84. The Morgan fingerprint density at radius 2 is 2.03 bits per heavy atom. The summed E-state index contributed by atoms with van der Waals surface area (Å²) in [6.45, 7) is 4.09. The predicted molar refractivity (Wildman–Crippen MR) is 125 cm³/mol. The van der Waals surface area contributed by atoms with E-state index in [0.717, 1.165) is 42.6 Å². The Hall–Kier alpha value is -3.10. The van der Waals surface area contributed by atoms with Crippen LogP contribution in [0.2, 0.25) is 0 Å². The van der Waals surface area contributed by atoms with E-state index in [-0.39, 0.29) is 30.8 Å². The molecule has 9 nitrogen and oxygen atoms in total. The lowest BCUT2D eigenvalue weighted by molar-refractivity contribution is -0.143. The number of carboxylic acids is 1. The van der Waals surface area contributed by atoms with Gasteiger partial charge in [0, 0.05) is 25.7 Å². The number of hydrogen-bond donors (Lipinski definition) is 1. The summed E-state index contributed by atoms with van der Waals surface area (Å²) in [5.41, 5.74) is 3.16. The van der Waals surface area contributed by atoms with Crippen LogP contribution in [0.1, 0.15) is 56.7 Å². The number of amides is 1. The molecule has 34 heavy (non-hydrogen) atoms. The summed E-state index contributed by atoms with van der Waals surface area (Å²) < 4.78 is 13.4. The van der Waals surface area contributed by atoms with E-state index in [1.165, 1.54) is 0 Å². The zero-order chi connectivity index (χ0) is 24.4. The molecule has 2 aromatic rings. The number of aliphatic carboxylic acids is 1. The van der Waals surface area contributed by atoms with Crippen molar-refractivity contribution in [3.8, 4) is 17.0 Å². The van der Waals surface area contributed by atoms with Gasteiger partial charge in [0.05, 0.1) is 12.0 Å². The number of hydrogen-bond acceptors (Lipinski definition) is 6. The Labute approximate surface area is 200 Å². The van der Waals surface area contributed by atoms with Gasteiger partial charge in [-0.05, 0) is 82.1 Å². The minimum absolute atomic E-state index is 0.0787. The van der Waals surface area contributed by atoms with Crippen LogP contribution in [-0.4, -0.2) is 56.3 Å². The summed E-state index contributed by atoms with van der Waals surface area (Å²) in [4.78, 5) is 25.5. The van der Waals surface area contributed by atoms with Crippen LogP contribution in [0.25, 0.3) is 11.3 Å². The fourth-order valence-electron chi connectivity index (χ4n) is 4.64. The molecule has 9 heteroatoms. The van der Waals surface area contributed by atoms with Crippen molar-refractivity contribution >= 4 is 12.1 Å². The maximum absolute atomic E-state index is 12.5. The monoisotopic (exact) mass is 470 g/mol. The molecule has 1 amide bonds. The molecule has 1 unspecified atom stereocenters. The Balaban J connectivity index is 1.43. The van der Waals surface area contributed by atoms with Gasteiger partial charge in [0.15, 0.2) is 0 Å². The second kappa shape index (κ2) is 10.0. The van der Waals surface area contributed by atoms with Crippen LogP contribution in [0, 0.1) is 18.8 Å². The van der Waals surface area contributed by atoms with Crippen LogP contribution >= 0.6 is 0 Å².